The van der Waals surface area contributed by atoms with E-state index in [2.05, 4.69) is 4.57 Å². The molecule has 1 atom stereocenters. The molecule has 1 aromatic heterocycles. The molecule has 15 heavy (non-hydrogen) atoms. The third-order valence-corrected chi connectivity index (χ3v) is 3.11. The van der Waals surface area contributed by atoms with E-state index in [1.54, 1.807) is 12.1 Å². The van der Waals surface area contributed by atoms with Crippen LogP contribution in [0, 0.1) is 6.92 Å². The van der Waals surface area contributed by atoms with Crippen molar-refractivity contribution in [1.82, 2.24) is 4.57 Å². The average molecular weight is 216 g/mol. The molecule has 75 valence electrons. The van der Waals surface area contributed by atoms with Crippen molar-refractivity contribution in [3.05, 3.63) is 30.0 Å². The number of fused-ring (bicyclic) bond motifs is 1. The molecule has 0 spiro atoms. The van der Waals surface area contributed by atoms with Crippen LogP contribution < -0.4 is 0 Å². The zero-order valence-corrected chi connectivity index (χ0v) is 9.84. The van der Waals surface area contributed by atoms with Crippen LogP contribution in [0.2, 0.25) is 0 Å². The van der Waals surface area contributed by atoms with E-state index in [9.17, 15) is 4.21 Å². The van der Waals surface area contributed by atoms with Crippen LogP contribution in [0.4, 0.5) is 0 Å². The molecular weight excluding hydrogens is 205 g/mol. The molecule has 5 heteroatoms. The number of benzene rings is 1. The molecule has 0 saturated heterocycles. The number of hydrogen-bond acceptors (Lipinski definition) is 1. The Kier molecular flexibility index (Phi) is 3.80. The molecule has 0 fully saturated rings. The van der Waals surface area contributed by atoms with Crippen molar-refractivity contribution in [2.24, 2.45) is 7.05 Å². The molecule has 0 aliphatic carbocycles. The number of hydrogen-bond donors (Lipinski definition) is 1. The van der Waals surface area contributed by atoms with Gasteiger partial charge in [0.25, 0.3) is 0 Å². The van der Waals surface area contributed by atoms with Crippen molar-refractivity contribution in [1.29, 1.82) is 0 Å². The van der Waals surface area contributed by atoms with Crippen LogP contribution in [0.1, 0.15) is 5.69 Å². The van der Waals surface area contributed by atoms with Gasteiger partial charge in [0, 0.05) is 42.5 Å². The van der Waals surface area contributed by atoms with Crippen LogP contribution in [0.15, 0.2) is 29.2 Å². The van der Waals surface area contributed by atoms with E-state index < -0.39 is 11.1 Å². The van der Waals surface area contributed by atoms with E-state index >= 15 is 0 Å². The van der Waals surface area contributed by atoms with Gasteiger partial charge in [-0.2, -0.15) is 0 Å². The first-order chi connectivity index (χ1) is 6.59. The summed E-state index contributed by atoms with van der Waals surface area (Å²) in [6, 6.07) is 7.30. The zero-order chi connectivity index (χ0) is 10.3. The second-order valence-corrected chi connectivity index (χ2v) is 4.28. The Morgan fingerprint density at radius 2 is 2.00 bits per heavy atom. The molecule has 3 nitrogen and oxygen atoms in total. The molecule has 2 aromatic rings. The fourth-order valence-corrected chi connectivity index (χ4v) is 1.99. The molecule has 1 radical (unpaired) electrons. The first kappa shape index (κ1) is 12.5. The van der Waals surface area contributed by atoms with Crippen LogP contribution in [0.3, 0.4) is 0 Å². The maximum atomic E-state index is 10.8. The van der Waals surface area contributed by atoms with Crippen LogP contribution >= 0.6 is 0 Å². The summed E-state index contributed by atoms with van der Waals surface area (Å²) in [6.45, 7) is 2.01. The summed E-state index contributed by atoms with van der Waals surface area (Å²) in [6.07, 6.45) is 0. The number of nitrogens with zero attached hydrogens (tertiary/aromatic N) is 1. The minimum absolute atomic E-state index is 0. The second-order valence-electron chi connectivity index (χ2n) is 3.31. The normalized spacial score (nSPS) is 12.5. The summed E-state index contributed by atoms with van der Waals surface area (Å²) < 4.78 is 21.8. The van der Waals surface area contributed by atoms with Gasteiger partial charge >= 0.3 is 0 Å². The summed E-state index contributed by atoms with van der Waals surface area (Å²) >= 11 is -1.89. The zero-order valence-electron chi connectivity index (χ0n) is 9.02. The fourth-order valence-electron chi connectivity index (χ4n) is 1.57. The summed E-state index contributed by atoms with van der Waals surface area (Å²) in [4.78, 5) is 0.447. The van der Waals surface area contributed by atoms with Gasteiger partial charge in [-0.3, -0.25) is 0 Å². The van der Waals surface area contributed by atoms with Gasteiger partial charge in [-0.25, -0.2) is 4.21 Å². The molecular formula is C10H11LiNO2S. The van der Waals surface area contributed by atoms with E-state index in [-0.39, 0.29) is 18.9 Å². The van der Waals surface area contributed by atoms with Crippen LogP contribution in [0.5, 0.6) is 0 Å². The average Bonchev–Trinajstić information content (AvgIpc) is 2.42. The quantitative estimate of drug-likeness (QED) is 0.582. The Morgan fingerprint density at radius 3 is 2.60 bits per heavy atom. The third-order valence-electron chi connectivity index (χ3n) is 2.46. The SMILES string of the molecule is Cc1cc2cc(S(=O)O)ccc2n1C.[Li]. The molecule has 2 rings (SSSR count). The van der Waals surface area contributed by atoms with Gasteiger partial charge in [-0.05, 0) is 31.2 Å². The molecule has 1 N–H and O–H groups in total. The van der Waals surface area contributed by atoms with E-state index in [0.29, 0.717) is 4.90 Å². The first-order valence-corrected chi connectivity index (χ1v) is 5.37. The molecule has 0 bridgehead atoms. The van der Waals surface area contributed by atoms with E-state index in [4.69, 9.17) is 4.55 Å². The molecule has 0 amide bonds. The fraction of sp³-hybridized carbons (Fsp3) is 0.200. The molecule has 1 aromatic carbocycles. The van der Waals surface area contributed by atoms with E-state index in [0.717, 1.165) is 16.6 Å². The van der Waals surface area contributed by atoms with Crippen molar-refractivity contribution >= 4 is 40.8 Å². The minimum atomic E-state index is -1.89. The van der Waals surface area contributed by atoms with Crippen LogP contribution in [0.25, 0.3) is 10.9 Å². The summed E-state index contributed by atoms with van der Waals surface area (Å²) in [7, 11) is 1.98. The van der Waals surface area contributed by atoms with Gasteiger partial charge in [-0.1, -0.05) is 0 Å². The number of aromatic nitrogens is 1. The Bertz CT molecular complexity index is 521. The smallest absolute Gasteiger partial charge is 0.186 e. The summed E-state index contributed by atoms with van der Waals surface area (Å²) in [5.41, 5.74) is 2.22. The predicted octanol–water partition coefficient (Wildman–Crippen LogP) is 1.69. The minimum Gasteiger partial charge on any atom is -0.348 e. The maximum absolute atomic E-state index is 10.8. The largest absolute Gasteiger partial charge is 0.348 e. The van der Waals surface area contributed by atoms with E-state index in [1.807, 2.05) is 26.1 Å². The monoisotopic (exact) mass is 216 g/mol. The van der Waals surface area contributed by atoms with Crippen molar-refractivity contribution in [3.8, 4) is 0 Å². The Hall–Kier alpha value is -0.533. The molecule has 0 aliphatic rings. The second kappa shape index (κ2) is 4.54. The van der Waals surface area contributed by atoms with E-state index in [1.165, 1.54) is 0 Å². The van der Waals surface area contributed by atoms with Gasteiger partial charge in [-0.15, -0.1) is 0 Å². The molecule has 0 aliphatic heterocycles. The summed E-state index contributed by atoms with van der Waals surface area (Å²) in [5.74, 6) is 0. The topological polar surface area (TPSA) is 42.2 Å². The van der Waals surface area contributed by atoms with Gasteiger partial charge < -0.3 is 9.12 Å². The number of aryl methyl sites for hydroxylation is 2. The summed E-state index contributed by atoms with van der Waals surface area (Å²) in [5, 5.41) is 1.00. The van der Waals surface area contributed by atoms with Crippen molar-refractivity contribution < 1.29 is 8.76 Å². The van der Waals surface area contributed by atoms with Gasteiger partial charge in [0.1, 0.15) is 0 Å². The van der Waals surface area contributed by atoms with Gasteiger partial charge in [0.05, 0.1) is 4.90 Å². The number of rotatable bonds is 1. The third kappa shape index (κ3) is 2.19. The molecule has 0 saturated carbocycles. The molecule has 1 unspecified atom stereocenters. The standard InChI is InChI=1S/C10H11NO2S.Li/c1-7-5-8-6-9(14(12)13)3-4-10(8)11(7)2;/h3-6H,1-2H3,(H,12,13);. The van der Waals surface area contributed by atoms with Crippen molar-refractivity contribution in [3.63, 3.8) is 0 Å². The van der Waals surface area contributed by atoms with Crippen LogP contribution in [-0.4, -0.2) is 32.2 Å². The van der Waals surface area contributed by atoms with Gasteiger partial charge in [0.2, 0.25) is 0 Å². The predicted molar refractivity (Wildman–Crippen MR) is 62.4 cm³/mol. The van der Waals surface area contributed by atoms with Crippen molar-refractivity contribution in [2.45, 2.75) is 11.8 Å². The molecule has 1 heterocycles. The van der Waals surface area contributed by atoms with Crippen LogP contribution in [-0.2, 0) is 18.1 Å². The van der Waals surface area contributed by atoms with Gasteiger partial charge in [0.15, 0.2) is 11.1 Å². The maximum Gasteiger partial charge on any atom is 0.186 e. The van der Waals surface area contributed by atoms with Crippen molar-refractivity contribution in [2.75, 3.05) is 0 Å². The Labute approximate surface area is 103 Å². The first-order valence-electron chi connectivity index (χ1n) is 4.26. The Morgan fingerprint density at radius 1 is 1.33 bits per heavy atom. The Balaban J connectivity index is 0.00000112.